The lowest BCUT2D eigenvalue weighted by atomic mass is 10.2. The van der Waals surface area contributed by atoms with Gasteiger partial charge in [0.05, 0.1) is 12.5 Å². The summed E-state index contributed by atoms with van der Waals surface area (Å²) in [6.07, 6.45) is 4.14. The standard InChI is InChI=1S/C10H18N2O/c1-3-4-5-6-10(13)12-9(2)7-8-11/h9H,3-7H2,1-2H3,(H,12,13). The van der Waals surface area contributed by atoms with Crippen molar-refractivity contribution in [1.82, 2.24) is 5.32 Å². The summed E-state index contributed by atoms with van der Waals surface area (Å²) in [7, 11) is 0. The van der Waals surface area contributed by atoms with Crippen molar-refractivity contribution >= 4 is 5.91 Å². The molecule has 0 heterocycles. The maximum atomic E-state index is 11.2. The van der Waals surface area contributed by atoms with Gasteiger partial charge in [0.1, 0.15) is 0 Å². The maximum absolute atomic E-state index is 11.2. The van der Waals surface area contributed by atoms with Gasteiger partial charge in [-0.2, -0.15) is 5.26 Å². The number of nitrogens with one attached hydrogen (secondary N) is 1. The molecule has 1 N–H and O–H groups in total. The fourth-order valence-corrected chi connectivity index (χ4v) is 1.07. The van der Waals surface area contributed by atoms with Crippen molar-refractivity contribution in [2.24, 2.45) is 0 Å². The van der Waals surface area contributed by atoms with E-state index in [9.17, 15) is 4.79 Å². The minimum atomic E-state index is -0.0147. The zero-order valence-electron chi connectivity index (χ0n) is 8.47. The SMILES string of the molecule is CCCCCC(=O)NC(C)CC#N. The number of carbonyl (C=O) groups is 1. The molecule has 1 amide bonds. The summed E-state index contributed by atoms with van der Waals surface area (Å²) in [5, 5.41) is 11.1. The van der Waals surface area contributed by atoms with Crippen molar-refractivity contribution in [1.29, 1.82) is 5.26 Å². The van der Waals surface area contributed by atoms with E-state index in [2.05, 4.69) is 12.2 Å². The van der Waals surface area contributed by atoms with E-state index in [4.69, 9.17) is 5.26 Å². The third-order valence-corrected chi connectivity index (χ3v) is 1.81. The van der Waals surface area contributed by atoms with Crippen LogP contribution in [0.5, 0.6) is 0 Å². The Morgan fingerprint density at radius 2 is 2.23 bits per heavy atom. The van der Waals surface area contributed by atoms with Gasteiger partial charge >= 0.3 is 0 Å². The van der Waals surface area contributed by atoms with Gasteiger partial charge in [-0.05, 0) is 13.3 Å². The van der Waals surface area contributed by atoms with Gasteiger partial charge in [0.25, 0.3) is 0 Å². The molecule has 0 spiro atoms. The molecule has 0 bridgehead atoms. The zero-order chi connectivity index (χ0) is 10.1. The molecule has 0 aliphatic rings. The van der Waals surface area contributed by atoms with Crippen LogP contribution in [0.1, 0.15) is 46.0 Å². The number of hydrogen-bond donors (Lipinski definition) is 1. The van der Waals surface area contributed by atoms with E-state index in [0.717, 1.165) is 19.3 Å². The minimum absolute atomic E-state index is 0.0147. The number of carbonyl (C=O) groups excluding carboxylic acids is 1. The Hall–Kier alpha value is -1.04. The molecular weight excluding hydrogens is 164 g/mol. The summed E-state index contributed by atoms with van der Waals surface area (Å²) >= 11 is 0. The lowest BCUT2D eigenvalue weighted by Crippen LogP contribution is -2.31. The summed E-state index contributed by atoms with van der Waals surface area (Å²) in [4.78, 5) is 11.2. The zero-order valence-corrected chi connectivity index (χ0v) is 8.47. The normalized spacial score (nSPS) is 11.8. The van der Waals surface area contributed by atoms with Crippen LogP contribution in [0.2, 0.25) is 0 Å². The van der Waals surface area contributed by atoms with E-state index in [1.54, 1.807) is 0 Å². The Kier molecular flexibility index (Phi) is 6.99. The number of amides is 1. The van der Waals surface area contributed by atoms with Crippen LogP contribution in [-0.4, -0.2) is 11.9 Å². The smallest absolute Gasteiger partial charge is 0.220 e. The lowest BCUT2D eigenvalue weighted by Gasteiger charge is -2.09. The van der Waals surface area contributed by atoms with Gasteiger partial charge in [0, 0.05) is 12.5 Å². The number of nitriles is 1. The van der Waals surface area contributed by atoms with Gasteiger partial charge in [-0.25, -0.2) is 0 Å². The van der Waals surface area contributed by atoms with Crippen molar-refractivity contribution in [3.05, 3.63) is 0 Å². The molecule has 0 aliphatic heterocycles. The Bertz CT molecular complexity index is 184. The highest BCUT2D eigenvalue weighted by Crippen LogP contribution is 1.99. The molecule has 74 valence electrons. The maximum Gasteiger partial charge on any atom is 0.220 e. The van der Waals surface area contributed by atoms with Crippen molar-refractivity contribution in [2.45, 2.75) is 52.0 Å². The molecule has 0 saturated carbocycles. The fourth-order valence-electron chi connectivity index (χ4n) is 1.07. The van der Waals surface area contributed by atoms with E-state index in [1.807, 2.05) is 13.0 Å². The summed E-state index contributed by atoms with van der Waals surface area (Å²) in [5.41, 5.74) is 0. The van der Waals surface area contributed by atoms with Crippen molar-refractivity contribution < 1.29 is 4.79 Å². The minimum Gasteiger partial charge on any atom is -0.353 e. The van der Waals surface area contributed by atoms with E-state index in [0.29, 0.717) is 12.8 Å². The first-order valence-electron chi connectivity index (χ1n) is 4.87. The van der Waals surface area contributed by atoms with Crippen LogP contribution in [0.15, 0.2) is 0 Å². The van der Waals surface area contributed by atoms with E-state index >= 15 is 0 Å². The highest BCUT2D eigenvalue weighted by molar-refractivity contribution is 5.76. The van der Waals surface area contributed by atoms with Gasteiger partial charge in [-0.1, -0.05) is 19.8 Å². The molecule has 3 nitrogen and oxygen atoms in total. The number of unbranched alkanes of at least 4 members (excludes halogenated alkanes) is 2. The van der Waals surface area contributed by atoms with Gasteiger partial charge < -0.3 is 5.32 Å². The van der Waals surface area contributed by atoms with Crippen LogP contribution in [-0.2, 0) is 4.79 Å². The topological polar surface area (TPSA) is 52.9 Å². The Balaban J connectivity index is 3.45. The van der Waals surface area contributed by atoms with E-state index in [1.165, 1.54) is 0 Å². The summed E-state index contributed by atoms with van der Waals surface area (Å²) < 4.78 is 0. The summed E-state index contributed by atoms with van der Waals surface area (Å²) in [6.45, 7) is 3.96. The van der Waals surface area contributed by atoms with Crippen LogP contribution in [0.25, 0.3) is 0 Å². The summed E-state index contributed by atoms with van der Waals surface area (Å²) in [6, 6.07) is 2.01. The first-order valence-corrected chi connectivity index (χ1v) is 4.87. The third kappa shape index (κ3) is 7.32. The molecule has 1 unspecified atom stereocenters. The molecule has 13 heavy (non-hydrogen) atoms. The summed E-state index contributed by atoms with van der Waals surface area (Å²) in [5.74, 6) is 0.0659. The average Bonchev–Trinajstić information content (AvgIpc) is 2.05. The fraction of sp³-hybridized carbons (Fsp3) is 0.800. The lowest BCUT2D eigenvalue weighted by molar-refractivity contribution is -0.121. The number of nitrogens with zero attached hydrogens (tertiary/aromatic N) is 1. The number of hydrogen-bond acceptors (Lipinski definition) is 2. The first-order chi connectivity index (χ1) is 6.20. The predicted molar refractivity (Wildman–Crippen MR) is 52.0 cm³/mol. The molecule has 1 atom stereocenters. The molecular formula is C10H18N2O. The predicted octanol–water partition coefficient (Wildman–Crippen LogP) is 1.99. The molecule has 0 aromatic heterocycles. The second-order valence-electron chi connectivity index (χ2n) is 3.29. The molecule has 0 aromatic rings. The van der Waals surface area contributed by atoms with Crippen molar-refractivity contribution in [3.8, 4) is 6.07 Å². The first kappa shape index (κ1) is 12.0. The molecule has 0 radical (unpaired) electrons. The highest BCUT2D eigenvalue weighted by Gasteiger charge is 2.05. The van der Waals surface area contributed by atoms with Crippen LogP contribution >= 0.6 is 0 Å². The largest absolute Gasteiger partial charge is 0.353 e. The van der Waals surface area contributed by atoms with Gasteiger partial charge in [0.15, 0.2) is 0 Å². The Morgan fingerprint density at radius 3 is 2.77 bits per heavy atom. The van der Waals surface area contributed by atoms with Gasteiger partial charge in [-0.15, -0.1) is 0 Å². The average molecular weight is 182 g/mol. The van der Waals surface area contributed by atoms with Crippen LogP contribution in [0, 0.1) is 11.3 Å². The second kappa shape index (κ2) is 7.60. The molecule has 0 saturated heterocycles. The van der Waals surface area contributed by atoms with E-state index in [-0.39, 0.29) is 11.9 Å². The van der Waals surface area contributed by atoms with Gasteiger partial charge in [-0.3, -0.25) is 4.79 Å². The Labute approximate surface area is 80.1 Å². The molecule has 0 rings (SSSR count). The van der Waals surface area contributed by atoms with Crippen LogP contribution in [0.3, 0.4) is 0 Å². The molecule has 0 aromatic carbocycles. The van der Waals surface area contributed by atoms with Crippen LogP contribution < -0.4 is 5.32 Å². The quantitative estimate of drug-likeness (QED) is 0.638. The molecule has 0 fully saturated rings. The third-order valence-electron chi connectivity index (χ3n) is 1.81. The Morgan fingerprint density at radius 1 is 1.54 bits per heavy atom. The van der Waals surface area contributed by atoms with Crippen molar-refractivity contribution in [2.75, 3.05) is 0 Å². The highest BCUT2D eigenvalue weighted by atomic mass is 16.1. The van der Waals surface area contributed by atoms with Crippen LogP contribution in [0.4, 0.5) is 0 Å². The van der Waals surface area contributed by atoms with Crippen molar-refractivity contribution in [3.63, 3.8) is 0 Å². The molecule has 0 aliphatic carbocycles. The molecule has 3 heteroatoms. The van der Waals surface area contributed by atoms with Gasteiger partial charge in [0.2, 0.25) is 5.91 Å². The monoisotopic (exact) mass is 182 g/mol. The second-order valence-corrected chi connectivity index (χ2v) is 3.29. The van der Waals surface area contributed by atoms with E-state index < -0.39 is 0 Å². The number of rotatable bonds is 6.